The molecule has 0 spiro atoms. The summed E-state index contributed by atoms with van der Waals surface area (Å²) in [6, 6.07) is 7.32. The van der Waals surface area contributed by atoms with Crippen LogP contribution in [0.3, 0.4) is 0 Å². The average molecular weight is 394 g/mol. The first-order valence-electron chi connectivity index (χ1n) is 10.1. The second kappa shape index (κ2) is 7.06. The van der Waals surface area contributed by atoms with E-state index in [0.717, 1.165) is 41.8 Å². The van der Waals surface area contributed by atoms with Gasteiger partial charge in [-0.1, -0.05) is 13.8 Å². The van der Waals surface area contributed by atoms with Gasteiger partial charge in [-0.15, -0.1) is 0 Å². The molecule has 4 rings (SSSR count). The van der Waals surface area contributed by atoms with Crippen LogP contribution in [0.4, 0.5) is 5.69 Å². The zero-order valence-electron chi connectivity index (χ0n) is 17.3. The van der Waals surface area contributed by atoms with E-state index in [9.17, 15) is 14.7 Å². The summed E-state index contributed by atoms with van der Waals surface area (Å²) in [6.45, 7) is 9.56. The van der Waals surface area contributed by atoms with Crippen molar-refractivity contribution in [2.45, 2.75) is 53.1 Å². The van der Waals surface area contributed by atoms with E-state index in [2.05, 4.69) is 24.8 Å². The van der Waals surface area contributed by atoms with Crippen LogP contribution in [-0.2, 0) is 6.54 Å². The van der Waals surface area contributed by atoms with Crippen LogP contribution in [-0.4, -0.2) is 37.8 Å². The van der Waals surface area contributed by atoms with Gasteiger partial charge in [-0.05, 0) is 56.5 Å². The lowest BCUT2D eigenvalue weighted by atomic mass is 10.1. The summed E-state index contributed by atoms with van der Waals surface area (Å²) in [5, 5.41) is 9.26. The fourth-order valence-corrected chi connectivity index (χ4v) is 4.47. The summed E-state index contributed by atoms with van der Waals surface area (Å²) in [5.74, 6) is -0.982. The van der Waals surface area contributed by atoms with E-state index in [1.807, 2.05) is 13.8 Å². The molecule has 29 heavy (non-hydrogen) atoms. The molecule has 0 fully saturated rings. The molecule has 0 atom stereocenters. The summed E-state index contributed by atoms with van der Waals surface area (Å²) in [5.41, 5.74) is 4.88. The molecule has 1 aliphatic rings. The molecular weight excluding hydrogens is 368 g/mol. The monoisotopic (exact) mass is 394 g/mol. The van der Waals surface area contributed by atoms with Gasteiger partial charge in [-0.25, -0.2) is 19.1 Å². The van der Waals surface area contributed by atoms with Gasteiger partial charge in [-0.3, -0.25) is 4.57 Å². The largest absolute Gasteiger partial charge is 0.478 e. The molecule has 0 bridgehead atoms. The van der Waals surface area contributed by atoms with Gasteiger partial charge in [-0.2, -0.15) is 0 Å². The second-order valence-electron chi connectivity index (χ2n) is 7.69. The lowest BCUT2D eigenvalue weighted by Crippen LogP contribution is -2.41. The van der Waals surface area contributed by atoms with Crippen molar-refractivity contribution in [2.75, 3.05) is 11.4 Å². The van der Waals surface area contributed by atoms with Crippen LogP contribution in [0, 0.1) is 13.8 Å². The van der Waals surface area contributed by atoms with Crippen molar-refractivity contribution in [3.05, 3.63) is 51.6 Å². The van der Waals surface area contributed by atoms with Gasteiger partial charge in [0.15, 0.2) is 5.65 Å². The van der Waals surface area contributed by atoms with Gasteiger partial charge in [0.05, 0.1) is 16.9 Å². The number of carboxylic acids is 1. The Hall–Kier alpha value is -3.09. The molecule has 0 radical (unpaired) electrons. The number of pyridine rings is 1. The summed E-state index contributed by atoms with van der Waals surface area (Å²) in [6.07, 6.45) is 2.08. The predicted octanol–water partition coefficient (Wildman–Crippen LogP) is 3.51. The number of carbonyl (C=O) groups is 1. The Morgan fingerprint density at radius 2 is 1.86 bits per heavy atom. The van der Waals surface area contributed by atoms with E-state index in [0.29, 0.717) is 23.9 Å². The third-order valence-electron chi connectivity index (χ3n) is 5.93. The Bertz CT molecular complexity index is 1170. The molecule has 2 aromatic heterocycles. The molecular formula is C22H26N4O3. The van der Waals surface area contributed by atoms with Crippen molar-refractivity contribution >= 4 is 22.8 Å². The van der Waals surface area contributed by atoms with Crippen molar-refractivity contribution in [1.29, 1.82) is 0 Å². The van der Waals surface area contributed by atoms with Gasteiger partial charge in [0.1, 0.15) is 5.52 Å². The maximum Gasteiger partial charge on any atom is 0.335 e. The number of imidazole rings is 1. The minimum absolute atomic E-state index is 0.130. The molecule has 1 aromatic carbocycles. The van der Waals surface area contributed by atoms with Gasteiger partial charge in [0.2, 0.25) is 0 Å². The van der Waals surface area contributed by atoms with E-state index in [-0.39, 0.29) is 11.3 Å². The van der Waals surface area contributed by atoms with Crippen LogP contribution < -0.4 is 10.6 Å². The maximum atomic E-state index is 13.4. The highest BCUT2D eigenvalue weighted by Gasteiger charge is 2.29. The Balaban J connectivity index is 2.00. The Labute approximate surface area is 169 Å². The molecule has 7 nitrogen and oxygen atoms in total. The molecule has 152 valence electrons. The number of hydrogen-bond donors (Lipinski definition) is 1. The average Bonchev–Trinajstić information content (AvgIpc) is 2.96. The van der Waals surface area contributed by atoms with Crippen molar-refractivity contribution in [3.8, 4) is 5.69 Å². The maximum absolute atomic E-state index is 13.4. The van der Waals surface area contributed by atoms with Crippen molar-refractivity contribution in [3.63, 3.8) is 0 Å². The molecule has 0 amide bonds. The molecule has 1 aliphatic heterocycles. The predicted molar refractivity (Wildman–Crippen MR) is 113 cm³/mol. The number of aromatic carboxylic acids is 1. The van der Waals surface area contributed by atoms with Crippen LogP contribution in [0.2, 0.25) is 0 Å². The molecule has 0 saturated carbocycles. The molecule has 7 heteroatoms. The fraction of sp³-hybridized carbons (Fsp3) is 0.409. The first kappa shape index (κ1) is 19.2. The number of hydrogen-bond acceptors (Lipinski definition) is 4. The third kappa shape index (κ3) is 2.92. The Morgan fingerprint density at radius 1 is 1.14 bits per heavy atom. The van der Waals surface area contributed by atoms with Crippen molar-refractivity contribution in [2.24, 2.45) is 0 Å². The van der Waals surface area contributed by atoms with Crippen molar-refractivity contribution < 1.29 is 9.90 Å². The van der Waals surface area contributed by atoms with Crippen LogP contribution in [0.5, 0.6) is 0 Å². The zero-order valence-corrected chi connectivity index (χ0v) is 17.3. The first-order chi connectivity index (χ1) is 13.9. The van der Waals surface area contributed by atoms with E-state index in [4.69, 9.17) is 4.98 Å². The number of aryl methyl sites for hydroxylation is 2. The lowest BCUT2D eigenvalue weighted by Gasteiger charge is -2.36. The van der Waals surface area contributed by atoms with Gasteiger partial charge >= 0.3 is 11.7 Å². The van der Waals surface area contributed by atoms with E-state index in [1.54, 1.807) is 21.3 Å². The number of benzene rings is 1. The van der Waals surface area contributed by atoms with Crippen LogP contribution in [0.1, 0.15) is 48.3 Å². The van der Waals surface area contributed by atoms with Gasteiger partial charge in [0.25, 0.3) is 0 Å². The molecule has 0 aliphatic carbocycles. The summed E-state index contributed by atoms with van der Waals surface area (Å²) in [4.78, 5) is 31.8. The van der Waals surface area contributed by atoms with Crippen molar-refractivity contribution in [1.82, 2.24) is 14.1 Å². The zero-order chi connectivity index (χ0) is 20.9. The number of aromatic nitrogens is 3. The van der Waals surface area contributed by atoms with Crippen LogP contribution in [0.15, 0.2) is 29.1 Å². The van der Waals surface area contributed by atoms with Gasteiger partial charge in [0, 0.05) is 24.8 Å². The minimum Gasteiger partial charge on any atom is -0.478 e. The van der Waals surface area contributed by atoms with Crippen LogP contribution in [0.25, 0.3) is 16.9 Å². The van der Waals surface area contributed by atoms with E-state index < -0.39 is 5.97 Å². The first-order valence-corrected chi connectivity index (χ1v) is 10.1. The van der Waals surface area contributed by atoms with E-state index in [1.165, 1.54) is 6.07 Å². The summed E-state index contributed by atoms with van der Waals surface area (Å²) < 4.78 is 3.43. The highest BCUT2D eigenvalue weighted by Crippen LogP contribution is 2.33. The Morgan fingerprint density at radius 3 is 2.48 bits per heavy atom. The SMILES string of the molecule is CCC(CC)N1CCn2c(=O)n(-c3ccc(C(=O)O)cc3C)c3nc(C)cc1c32. The Kier molecular flexibility index (Phi) is 4.68. The highest BCUT2D eigenvalue weighted by molar-refractivity contribution is 5.90. The van der Waals surface area contributed by atoms with E-state index >= 15 is 0 Å². The quantitative estimate of drug-likeness (QED) is 0.716. The molecule has 3 aromatic rings. The molecule has 1 N–H and O–H groups in total. The highest BCUT2D eigenvalue weighted by atomic mass is 16.4. The van der Waals surface area contributed by atoms with Gasteiger partial charge < -0.3 is 10.0 Å². The molecule has 0 saturated heterocycles. The topological polar surface area (TPSA) is 80.4 Å². The standard InChI is InChI=1S/C22H26N4O3/c1-5-16(6-2)24-9-10-25-19-18(24)12-14(4)23-20(19)26(22(25)29)17-8-7-15(21(27)28)11-13(17)3/h7-8,11-12,16H,5-6,9-10H2,1-4H3,(H,27,28). The summed E-state index contributed by atoms with van der Waals surface area (Å²) >= 11 is 0. The number of rotatable bonds is 5. The second-order valence-corrected chi connectivity index (χ2v) is 7.69. The molecule has 0 unspecified atom stereocenters. The third-order valence-corrected chi connectivity index (χ3v) is 5.93. The number of anilines is 1. The lowest BCUT2D eigenvalue weighted by molar-refractivity contribution is 0.0697. The molecule has 3 heterocycles. The number of nitrogens with zero attached hydrogens (tertiary/aromatic N) is 4. The van der Waals surface area contributed by atoms with Crippen LogP contribution >= 0.6 is 0 Å². The smallest absolute Gasteiger partial charge is 0.335 e. The minimum atomic E-state index is -0.982. The normalized spacial score (nSPS) is 13.5. The summed E-state index contributed by atoms with van der Waals surface area (Å²) in [7, 11) is 0. The fourth-order valence-electron chi connectivity index (χ4n) is 4.47. The number of carboxylic acid groups (broad SMARTS) is 1.